The van der Waals surface area contributed by atoms with Crippen molar-refractivity contribution >= 4 is 26.9 Å². The molecule has 0 radical (unpaired) electrons. The van der Waals surface area contributed by atoms with Crippen molar-refractivity contribution in [2.24, 2.45) is 0 Å². The number of benzene rings is 2. The minimum absolute atomic E-state index is 0.258. The van der Waals surface area contributed by atoms with Gasteiger partial charge in [0.05, 0.1) is 4.90 Å². The molecule has 0 aliphatic carbocycles. The largest absolute Gasteiger partial charge is 0.298 e. The third-order valence-electron chi connectivity index (χ3n) is 2.44. The zero-order valence-corrected chi connectivity index (χ0v) is 9.49. The molecule has 0 atom stereocenters. The lowest BCUT2D eigenvalue weighted by Crippen LogP contribution is -1.99. The van der Waals surface area contributed by atoms with E-state index in [4.69, 9.17) is 0 Å². The summed E-state index contributed by atoms with van der Waals surface area (Å²) >= 11 is 0. The van der Waals surface area contributed by atoms with E-state index in [1.54, 1.807) is 24.3 Å². The highest BCUT2D eigenvalue weighted by Gasteiger charge is 2.12. The number of carbonyl (C=O) groups is 1. The number of hydrogen-bond donors (Lipinski definition) is 0. The van der Waals surface area contributed by atoms with Gasteiger partial charge in [-0.3, -0.25) is 4.79 Å². The predicted molar refractivity (Wildman–Crippen MR) is 62.4 cm³/mol. The maximum absolute atomic E-state index is 11.6. The van der Waals surface area contributed by atoms with Gasteiger partial charge in [-0.05, 0) is 17.5 Å². The Morgan fingerprint density at radius 2 is 1.62 bits per heavy atom. The zero-order valence-electron chi connectivity index (χ0n) is 8.67. The van der Waals surface area contributed by atoms with Crippen molar-refractivity contribution in [2.75, 3.05) is 6.26 Å². The Morgan fingerprint density at radius 1 is 1.00 bits per heavy atom. The molecule has 0 aliphatic heterocycles. The van der Waals surface area contributed by atoms with Gasteiger partial charge < -0.3 is 0 Å². The first-order valence-corrected chi connectivity index (χ1v) is 6.60. The van der Waals surface area contributed by atoms with Crippen LogP contribution in [0.5, 0.6) is 0 Å². The lowest BCUT2D eigenvalue weighted by Gasteiger charge is -2.06. The van der Waals surface area contributed by atoms with E-state index in [1.165, 1.54) is 12.1 Å². The summed E-state index contributed by atoms with van der Waals surface area (Å²) in [6.07, 6.45) is 1.89. The number of carbonyl (C=O) groups excluding carboxylic acids is 1. The highest BCUT2D eigenvalue weighted by molar-refractivity contribution is 7.91. The van der Waals surface area contributed by atoms with E-state index in [0.717, 1.165) is 12.5 Å². The van der Waals surface area contributed by atoms with E-state index in [1.807, 2.05) is 0 Å². The van der Waals surface area contributed by atoms with E-state index in [2.05, 4.69) is 0 Å². The summed E-state index contributed by atoms with van der Waals surface area (Å²) in [7, 11) is -3.27. The molecule has 0 amide bonds. The summed E-state index contributed by atoms with van der Waals surface area (Å²) in [4.78, 5) is 11.1. The Kier molecular flexibility index (Phi) is 2.52. The fourth-order valence-electron chi connectivity index (χ4n) is 1.72. The van der Waals surface area contributed by atoms with Crippen LogP contribution in [0.25, 0.3) is 10.8 Å². The standard InChI is InChI=1S/C12H10O3S/c1-16(14,15)12-7-6-9(8-13)10-4-2-3-5-11(10)12/h2-8H,1H3. The molecule has 0 saturated heterocycles. The molecule has 16 heavy (non-hydrogen) atoms. The Labute approximate surface area is 93.6 Å². The summed E-state index contributed by atoms with van der Waals surface area (Å²) in [6, 6.07) is 9.99. The molecule has 3 nitrogen and oxygen atoms in total. The van der Waals surface area contributed by atoms with Crippen LogP contribution in [0.2, 0.25) is 0 Å². The third kappa shape index (κ3) is 1.72. The quantitative estimate of drug-likeness (QED) is 0.747. The highest BCUT2D eigenvalue weighted by Crippen LogP contribution is 2.25. The average molecular weight is 234 g/mol. The second kappa shape index (κ2) is 3.72. The number of sulfone groups is 1. The molecule has 82 valence electrons. The van der Waals surface area contributed by atoms with Gasteiger partial charge >= 0.3 is 0 Å². The van der Waals surface area contributed by atoms with Gasteiger partial charge in [0.25, 0.3) is 0 Å². The minimum Gasteiger partial charge on any atom is -0.298 e. The molecule has 0 aliphatic rings. The molecule has 0 fully saturated rings. The fourth-order valence-corrected chi connectivity index (χ4v) is 2.61. The van der Waals surface area contributed by atoms with Crippen LogP contribution in [0.3, 0.4) is 0 Å². The van der Waals surface area contributed by atoms with Crippen LogP contribution in [0, 0.1) is 0 Å². The highest BCUT2D eigenvalue weighted by atomic mass is 32.2. The van der Waals surface area contributed by atoms with Crippen molar-refractivity contribution < 1.29 is 13.2 Å². The lowest BCUT2D eigenvalue weighted by atomic mass is 10.1. The molecule has 0 N–H and O–H groups in total. The summed E-state index contributed by atoms with van der Waals surface area (Å²) in [5.41, 5.74) is 0.503. The average Bonchev–Trinajstić information content (AvgIpc) is 2.26. The molecule has 0 aromatic heterocycles. The van der Waals surface area contributed by atoms with Crippen LogP contribution in [0.15, 0.2) is 41.3 Å². The molecule has 2 rings (SSSR count). The summed E-state index contributed by atoms with van der Waals surface area (Å²) in [5, 5.41) is 1.26. The summed E-state index contributed by atoms with van der Waals surface area (Å²) in [5.74, 6) is 0. The molecule has 0 saturated carbocycles. The van der Waals surface area contributed by atoms with Crippen LogP contribution in [-0.4, -0.2) is 21.0 Å². The van der Waals surface area contributed by atoms with Gasteiger partial charge in [-0.25, -0.2) is 8.42 Å². The summed E-state index contributed by atoms with van der Waals surface area (Å²) < 4.78 is 23.1. The zero-order chi connectivity index (χ0) is 11.8. The van der Waals surface area contributed by atoms with Gasteiger partial charge in [-0.2, -0.15) is 0 Å². The summed E-state index contributed by atoms with van der Waals surface area (Å²) in [6.45, 7) is 0. The first kappa shape index (κ1) is 10.8. The van der Waals surface area contributed by atoms with Crippen molar-refractivity contribution in [3.8, 4) is 0 Å². The van der Waals surface area contributed by atoms with Crippen molar-refractivity contribution in [2.45, 2.75) is 4.90 Å². The number of aldehydes is 1. The topological polar surface area (TPSA) is 51.2 Å². The van der Waals surface area contributed by atoms with Crippen LogP contribution in [-0.2, 0) is 9.84 Å². The van der Waals surface area contributed by atoms with E-state index in [0.29, 0.717) is 16.3 Å². The number of hydrogen-bond acceptors (Lipinski definition) is 3. The van der Waals surface area contributed by atoms with E-state index in [9.17, 15) is 13.2 Å². The Bertz CT molecular complexity index is 657. The fraction of sp³-hybridized carbons (Fsp3) is 0.0833. The second-order valence-corrected chi connectivity index (χ2v) is 5.57. The lowest BCUT2D eigenvalue weighted by molar-refractivity contribution is 0.112. The molecule has 0 bridgehead atoms. The molecule has 0 heterocycles. The third-order valence-corrected chi connectivity index (χ3v) is 3.60. The Balaban J connectivity index is 2.96. The van der Waals surface area contributed by atoms with Gasteiger partial charge in [0.2, 0.25) is 0 Å². The molecule has 2 aromatic rings. The maximum atomic E-state index is 11.6. The SMILES string of the molecule is CS(=O)(=O)c1ccc(C=O)c2ccccc12. The van der Waals surface area contributed by atoms with Crippen LogP contribution >= 0.6 is 0 Å². The molecular weight excluding hydrogens is 224 g/mol. The van der Waals surface area contributed by atoms with E-state index in [-0.39, 0.29) is 4.90 Å². The molecular formula is C12H10O3S. The van der Waals surface area contributed by atoms with Crippen molar-refractivity contribution in [1.29, 1.82) is 0 Å². The predicted octanol–water partition coefficient (Wildman–Crippen LogP) is 2.06. The van der Waals surface area contributed by atoms with Crippen molar-refractivity contribution in [3.05, 3.63) is 42.0 Å². The molecule has 0 unspecified atom stereocenters. The van der Waals surface area contributed by atoms with E-state index < -0.39 is 9.84 Å². The Hall–Kier alpha value is -1.68. The smallest absolute Gasteiger partial charge is 0.176 e. The first-order valence-electron chi connectivity index (χ1n) is 4.71. The van der Waals surface area contributed by atoms with Gasteiger partial charge in [0.1, 0.15) is 0 Å². The molecule has 2 aromatic carbocycles. The number of rotatable bonds is 2. The van der Waals surface area contributed by atoms with Gasteiger partial charge in [-0.1, -0.05) is 24.3 Å². The first-order chi connectivity index (χ1) is 7.54. The monoisotopic (exact) mass is 234 g/mol. The minimum atomic E-state index is -3.27. The van der Waals surface area contributed by atoms with Gasteiger partial charge in [-0.15, -0.1) is 0 Å². The molecule has 0 spiro atoms. The maximum Gasteiger partial charge on any atom is 0.176 e. The van der Waals surface area contributed by atoms with E-state index >= 15 is 0 Å². The normalized spacial score (nSPS) is 11.6. The second-order valence-electron chi connectivity index (χ2n) is 3.59. The molecule has 4 heteroatoms. The van der Waals surface area contributed by atoms with Crippen molar-refractivity contribution in [1.82, 2.24) is 0 Å². The van der Waals surface area contributed by atoms with Gasteiger partial charge in [0, 0.05) is 17.2 Å². The Morgan fingerprint density at radius 3 is 2.19 bits per heavy atom. The van der Waals surface area contributed by atoms with Crippen LogP contribution in [0.4, 0.5) is 0 Å². The number of fused-ring (bicyclic) bond motifs is 1. The van der Waals surface area contributed by atoms with Crippen molar-refractivity contribution in [3.63, 3.8) is 0 Å². The van der Waals surface area contributed by atoms with Gasteiger partial charge in [0.15, 0.2) is 16.1 Å². The van der Waals surface area contributed by atoms with Crippen LogP contribution < -0.4 is 0 Å². The van der Waals surface area contributed by atoms with Crippen LogP contribution in [0.1, 0.15) is 10.4 Å².